The number of anilines is 2. The van der Waals surface area contributed by atoms with Crippen molar-refractivity contribution in [2.45, 2.75) is 30.9 Å². The highest BCUT2D eigenvalue weighted by atomic mass is 35.5. The Morgan fingerprint density at radius 3 is 2.20 bits per heavy atom. The Morgan fingerprint density at radius 2 is 1.49 bits per heavy atom. The summed E-state index contributed by atoms with van der Waals surface area (Å²) in [5, 5.41) is 8.74. The number of carbonyl (C=O) groups is 3. The summed E-state index contributed by atoms with van der Waals surface area (Å²) in [7, 11) is 0. The molecular weight excluding hydrogens is 554 g/mol. The normalized spacial score (nSPS) is 11.9. The highest BCUT2D eigenvalue weighted by Gasteiger charge is 2.18. The molecule has 0 aromatic heterocycles. The molecule has 0 radical (unpaired) electrons. The van der Waals surface area contributed by atoms with Gasteiger partial charge in [0.2, 0.25) is 5.91 Å². The molecule has 0 aliphatic rings. The van der Waals surface area contributed by atoms with Crippen molar-refractivity contribution in [3.63, 3.8) is 0 Å². The third-order valence-electron chi connectivity index (χ3n) is 6.19. The first-order valence-electron chi connectivity index (χ1n) is 13.0. The molecule has 0 heterocycles. The fraction of sp³-hybridized carbons (Fsp3) is 0.121. The van der Waals surface area contributed by atoms with Gasteiger partial charge >= 0.3 is 0 Å². The number of hydrogen-bond donors (Lipinski definition) is 3. The van der Waals surface area contributed by atoms with Gasteiger partial charge in [-0.05, 0) is 86.0 Å². The van der Waals surface area contributed by atoms with Crippen LogP contribution in [0.4, 0.5) is 11.4 Å². The summed E-state index contributed by atoms with van der Waals surface area (Å²) in [4.78, 5) is 40.0. The van der Waals surface area contributed by atoms with Crippen LogP contribution in [-0.2, 0) is 9.59 Å². The van der Waals surface area contributed by atoms with E-state index >= 15 is 0 Å². The van der Waals surface area contributed by atoms with Gasteiger partial charge in [0.15, 0.2) is 0 Å². The monoisotopic (exact) mass is 583 g/mol. The number of thioether (sulfide) groups is 1. The number of rotatable bonds is 9. The second kappa shape index (κ2) is 13.8. The predicted octanol–water partition coefficient (Wildman–Crippen LogP) is 7.49. The molecule has 41 heavy (non-hydrogen) atoms. The fourth-order valence-electron chi connectivity index (χ4n) is 4.05. The summed E-state index contributed by atoms with van der Waals surface area (Å²) < 4.78 is 0. The van der Waals surface area contributed by atoms with Crippen molar-refractivity contribution < 1.29 is 14.4 Å². The van der Waals surface area contributed by atoms with Crippen LogP contribution in [-0.4, -0.2) is 23.0 Å². The molecule has 0 saturated heterocycles. The van der Waals surface area contributed by atoms with Crippen LogP contribution < -0.4 is 16.0 Å². The Balaban J connectivity index is 1.49. The summed E-state index contributed by atoms with van der Waals surface area (Å²) in [6.07, 6.45) is 1.57. The number of para-hydroxylation sites is 1. The van der Waals surface area contributed by atoms with E-state index in [0.29, 0.717) is 21.8 Å². The van der Waals surface area contributed by atoms with E-state index in [0.717, 1.165) is 21.7 Å². The minimum Gasteiger partial charge on any atom is -0.325 e. The van der Waals surface area contributed by atoms with E-state index in [1.807, 2.05) is 51.1 Å². The largest absolute Gasteiger partial charge is 0.325 e. The molecule has 0 spiro atoms. The summed E-state index contributed by atoms with van der Waals surface area (Å²) in [6.45, 7) is 5.76. The number of nitrogens with one attached hydrogen (secondary N) is 3. The lowest BCUT2D eigenvalue weighted by Crippen LogP contribution is -2.30. The maximum Gasteiger partial charge on any atom is 0.272 e. The molecule has 3 N–H and O–H groups in total. The topological polar surface area (TPSA) is 87.3 Å². The molecule has 0 bridgehead atoms. The summed E-state index contributed by atoms with van der Waals surface area (Å²) in [5.41, 5.74) is 4.48. The predicted molar refractivity (Wildman–Crippen MR) is 168 cm³/mol. The molecule has 3 amide bonds. The van der Waals surface area contributed by atoms with Crippen LogP contribution in [0.15, 0.2) is 108 Å². The average Bonchev–Trinajstić information content (AvgIpc) is 2.95. The fourth-order valence-corrected chi connectivity index (χ4v) is 5.17. The van der Waals surface area contributed by atoms with Crippen molar-refractivity contribution in [1.29, 1.82) is 0 Å². The van der Waals surface area contributed by atoms with Crippen molar-refractivity contribution in [1.82, 2.24) is 5.32 Å². The zero-order valence-electron chi connectivity index (χ0n) is 22.9. The van der Waals surface area contributed by atoms with Gasteiger partial charge in [-0.2, -0.15) is 0 Å². The van der Waals surface area contributed by atoms with Gasteiger partial charge < -0.3 is 16.0 Å². The van der Waals surface area contributed by atoms with Gasteiger partial charge in [0, 0.05) is 26.9 Å². The van der Waals surface area contributed by atoms with Crippen molar-refractivity contribution in [2.24, 2.45) is 0 Å². The van der Waals surface area contributed by atoms with Crippen LogP contribution in [0.3, 0.4) is 0 Å². The molecule has 4 aromatic rings. The quantitative estimate of drug-likeness (QED) is 0.141. The summed E-state index contributed by atoms with van der Waals surface area (Å²) in [5.74, 6) is -1.03. The van der Waals surface area contributed by atoms with Gasteiger partial charge in [-0.15, -0.1) is 11.8 Å². The maximum absolute atomic E-state index is 13.4. The van der Waals surface area contributed by atoms with Gasteiger partial charge in [0.25, 0.3) is 11.8 Å². The number of amides is 3. The van der Waals surface area contributed by atoms with Crippen molar-refractivity contribution in [3.05, 3.63) is 130 Å². The Bertz CT molecular complexity index is 1580. The van der Waals surface area contributed by atoms with Crippen LogP contribution in [0.1, 0.15) is 34.0 Å². The molecular formula is C33H30ClN3O3S. The number of aryl methyl sites for hydroxylation is 2. The van der Waals surface area contributed by atoms with Gasteiger partial charge in [-0.25, -0.2) is 0 Å². The van der Waals surface area contributed by atoms with Gasteiger partial charge in [-0.1, -0.05) is 66.2 Å². The maximum atomic E-state index is 13.4. The minimum absolute atomic E-state index is 0.0560. The Labute approximate surface area is 249 Å². The molecule has 1 atom stereocenters. The first-order valence-corrected chi connectivity index (χ1v) is 14.2. The summed E-state index contributed by atoms with van der Waals surface area (Å²) in [6, 6.07) is 28.7. The van der Waals surface area contributed by atoms with Crippen LogP contribution in [0.2, 0.25) is 5.02 Å². The van der Waals surface area contributed by atoms with E-state index in [2.05, 4.69) is 16.0 Å². The van der Waals surface area contributed by atoms with Gasteiger partial charge in [-0.3, -0.25) is 14.4 Å². The van der Waals surface area contributed by atoms with E-state index in [1.165, 1.54) is 11.8 Å². The molecule has 0 aliphatic heterocycles. The first kappa shape index (κ1) is 29.6. The highest BCUT2D eigenvalue weighted by Crippen LogP contribution is 2.28. The second-order valence-corrected chi connectivity index (χ2v) is 11.3. The zero-order chi connectivity index (χ0) is 29.4. The van der Waals surface area contributed by atoms with E-state index in [-0.39, 0.29) is 16.9 Å². The molecule has 0 saturated carbocycles. The zero-order valence-corrected chi connectivity index (χ0v) is 24.5. The smallest absolute Gasteiger partial charge is 0.272 e. The average molecular weight is 584 g/mol. The summed E-state index contributed by atoms with van der Waals surface area (Å²) >= 11 is 7.52. The molecule has 8 heteroatoms. The van der Waals surface area contributed by atoms with Crippen LogP contribution in [0.25, 0.3) is 6.08 Å². The highest BCUT2D eigenvalue weighted by molar-refractivity contribution is 8.00. The lowest BCUT2D eigenvalue weighted by Gasteiger charge is -2.16. The first-order chi connectivity index (χ1) is 19.7. The minimum atomic E-state index is -0.503. The van der Waals surface area contributed by atoms with Crippen molar-refractivity contribution >= 4 is 58.5 Å². The second-order valence-electron chi connectivity index (χ2n) is 9.43. The molecule has 0 aliphatic carbocycles. The van der Waals surface area contributed by atoms with E-state index in [9.17, 15) is 14.4 Å². The molecule has 4 aromatic carbocycles. The number of halogens is 1. The number of benzene rings is 4. The molecule has 0 fully saturated rings. The van der Waals surface area contributed by atoms with Gasteiger partial charge in [0.05, 0.1) is 5.25 Å². The van der Waals surface area contributed by atoms with E-state index in [1.54, 1.807) is 72.8 Å². The Hall–Kier alpha value is -4.33. The number of hydrogen-bond acceptors (Lipinski definition) is 4. The standard InChI is InChI=1S/C33H30ClN3O3S/c1-21-10-7-11-22(2)30(21)37-31(38)23(3)41-28-17-9-16-27(20-28)35-33(40)29(19-24-12-8-15-26(34)18-24)36-32(39)25-13-5-4-6-14-25/h4-20,23H,1-3H3,(H,35,40)(H,36,39)(H,37,38)/b29-19-. The van der Waals surface area contributed by atoms with Gasteiger partial charge in [0.1, 0.15) is 5.70 Å². The Kier molecular flexibility index (Phi) is 10.0. The lowest BCUT2D eigenvalue weighted by atomic mass is 10.1. The van der Waals surface area contributed by atoms with Crippen LogP contribution in [0, 0.1) is 13.8 Å². The molecule has 1 unspecified atom stereocenters. The van der Waals surface area contributed by atoms with Crippen molar-refractivity contribution in [2.75, 3.05) is 10.6 Å². The third-order valence-corrected chi connectivity index (χ3v) is 7.52. The van der Waals surface area contributed by atoms with E-state index in [4.69, 9.17) is 11.6 Å². The number of carbonyl (C=O) groups excluding carboxylic acids is 3. The third kappa shape index (κ3) is 8.33. The molecule has 4 rings (SSSR count). The van der Waals surface area contributed by atoms with E-state index < -0.39 is 11.8 Å². The molecule has 6 nitrogen and oxygen atoms in total. The SMILES string of the molecule is Cc1cccc(C)c1NC(=O)C(C)Sc1cccc(NC(=O)/C(=C/c2cccc(Cl)c2)NC(=O)c2ccccc2)c1. The van der Waals surface area contributed by atoms with Crippen molar-refractivity contribution in [3.8, 4) is 0 Å². The van der Waals surface area contributed by atoms with Crippen LogP contribution >= 0.6 is 23.4 Å². The van der Waals surface area contributed by atoms with Crippen LogP contribution in [0.5, 0.6) is 0 Å². The lowest BCUT2D eigenvalue weighted by molar-refractivity contribution is -0.115. The molecule has 208 valence electrons. The Morgan fingerprint density at radius 1 is 0.805 bits per heavy atom.